The van der Waals surface area contributed by atoms with Crippen LogP contribution in [0.4, 0.5) is 0 Å². The Bertz CT molecular complexity index is 251. The SMILES string of the molecule is CN1CCCC1CN(C)C1(CN)CCCOCC1. The Morgan fingerprint density at radius 1 is 1.33 bits per heavy atom. The predicted octanol–water partition coefficient (Wildman–Crippen LogP) is 0.910. The highest BCUT2D eigenvalue weighted by molar-refractivity contribution is 4.93. The molecule has 0 aromatic carbocycles. The first-order valence-corrected chi connectivity index (χ1v) is 7.37. The minimum absolute atomic E-state index is 0.167. The summed E-state index contributed by atoms with van der Waals surface area (Å²) in [7, 11) is 4.50. The summed E-state index contributed by atoms with van der Waals surface area (Å²) in [5.41, 5.74) is 6.27. The molecule has 2 saturated heterocycles. The third-order valence-corrected chi connectivity index (χ3v) is 4.99. The molecule has 106 valence electrons. The average molecular weight is 255 g/mol. The number of likely N-dealkylation sites (N-methyl/N-ethyl adjacent to an activating group) is 2. The lowest BCUT2D eigenvalue weighted by Gasteiger charge is -2.42. The fourth-order valence-corrected chi connectivity index (χ4v) is 3.45. The van der Waals surface area contributed by atoms with Crippen LogP contribution in [-0.2, 0) is 4.74 Å². The molecule has 18 heavy (non-hydrogen) atoms. The van der Waals surface area contributed by atoms with E-state index in [-0.39, 0.29) is 5.54 Å². The molecule has 0 saturated carbocycles. The Morgan fingerprint density at radius 3 is 2.83 bits per heavy atom. The van der Waals surface area contributed by atoms with Crippen molar-refractivity contribution in [2.75, 3.05) is 46.9 Å². The van der Waals surface area contributed by atoms with Gasteiger partial charge in [-0.15, -0.1) is 0 Å². The van der Waals surface area contributed by atoms with Gasteiger partial charge in [-0.05, 0) is 52.7 Å². The van der Waals surface area contributed by atoms with Gasteiger partial charge in [0.1, 0.15) is 0 Å². The Kier molecular flexibility index (Phi) is 5.01. The molecular formula is C14H29N3O. The number of nitrogens with two attached hydrogens (primary N) is 1. The summed E-state index contributed by atoms with van der Waals surface area (Å²) in [5.74, 6) is 0. The number of rotatable bonds is 4. The van der Waals surface area contributed by atoms with Crippen molar-refractivity contribution in [2.24, 2.45) is 5.73 Å². The summed E-state index contributed by atoms with van der Waals surface area (Å²) >= 11 is 0. The molecule has 2 fully saturated rings. The molecule has 2 unspecified atom stereocenters. The largest absolute Gasteiger partial charge is 0.381 e. The first-order chi connectivity index (χ1) is 8.68. The third-order valence-electron chi connectivity index (χ3n) is 4.99. The maximum atomic E-state index is 6.11. The van der Waals surface area contributed by atoms with Crippen LogP contribution in [0.1, 0.15) is 32.1 Å². The molecule has 0 aliphatic carbocycles. The van der Waals surface area contributed by atoms with Gasteiger partial charge in [-0.3, -0.25) is 4.90 Å². The minimum Gasteiger partial charge on any atom is -0.381 e. The zero-order valence-corrected chi connectivity index (χ0v) is 12.0. The molecule has 2 N–H and O–H groups in total. The first kappa shape index (κ1) is 14.3. The third kappa shape index (κ3) is 3.05. The molecule has 0 amide bonds. The summed E-state index contributed by atoms with van der Waals surface area (Å²) in [5, 5.41) is 0. The van der Waals surface area contributed by atoms with Crippen LogP contribution >= 0.6 is 0 Å². The van der Waals surface area contributed by atoms with Gasteiger partial charge in [0.05, 0.1) is 0 Å². The number of hydrogen-bond donors (Lipinski definition) is 1. The molecule has 2 rings (SSSR count). The van der Waals surface area contributed by atoms with E-state index < -0.39 is 0 Å². The number of hydrogen-bond acceptors (Lipinski definition) is 4. The lowest BCUT2D eigenvalue weighted by molar-refractivity contribution is 0.0706. The zero-order chi connectivity index (χ0) is 13.0. The minimum atomic E-state index is 0.167. The molecule has 2 atom stereocenters. The van der Waals surface area contributed by atoms with E-state index in [2.05, 4.69) is 23.9 Å². The van der Waals surface area contributed by atoms with Gasteiger partial charge in [0.25, 0.3) is 0 Å². The second kappa shape index (κ2) is 6.33. The fraction of sp³-hybridized carbons (Fsp3) is 1.00. The van der Waals surface area contributed by atoms with Crippen LogP contribution in [0.3, 0.4) is 0 Å². The topological polar surface area (TPSA) is 41.7 Å². The van der Waals surface area contributed by atoms with E-state index in [1.54, 1.807) is 0 Å². The second-order valence-electron chi connectivity index (χ2n) is 6.05. The van der Waals surface area contributed by atoms with Gasteiger partial charge in [0.2, 0.25) is 0 Å². The van der Waals surface area contributed by atoms with Crippen molar-refractivity contribution in [1.82, 2.24) is 9.80 Å². The fourth-order valence-electron chi connectivity index (χ4n) is 3.45. The summed E-state index contributed by atoms with van der Waals surface area (Å²) in [6.45, 7) is 4.91. The molecule has 0 aromatic heterocycles. The molecule has 0 bridgehead atoms. The van der Waals surface area contributed by atoms with Crippen LogP contribution < -0.4 is 5.73 Å². The normalized spacial score (nSPS) is 35.0. The molecule has 0 radical (unpaired) electrons. The summed E-state index contributed by atoms with van der Waals surface area (Å²) in [4.78, 5) is 5.02. The van der Waals surface area contributed by atoms with Crippen molar-refractivity contribution in [3.05, 3.63) is 0 Å². The highest BCUT2D eigenvalue weighted by Crippen LogP contribution is 2.28. The standard InChI is InChI=1S/C14H29N3O/c1-16-8-3-5-13(16)11-17(2)14(12-15)6-4-9-18-10-7-14/h13H,3-12,15H2,1-2H3. The summed E-state index contributed by atoms with van der Waals surface area (Å²) in [6.07, 6.45) is 6.07. The van der Waals surface area contributed by atoms with Gasteiger partial charge >= 0.3 is 0 Å². The summed E-state index contributed by atoms with van der Waals surface area (Å²) in [6, 6.07) is 0.711. The van der Waals surface area contributed by atoms with Crippen molar-refractivity contribution < 1.29 is 4.74 Å². The molecule has 2 aliphatic rings. The van der Waals surface area contributed by atoms with Crippen LogP contribution in [0.2, 0.25) is 0 Å². The lowest BCUT2D eigenvalue weighted by atomic mass is 9.88. The van der Waals surface area contributed by atoms with Crippen molar-refractivity contribution in [1.29, 1.82) is 0 Å². The van der Waals surface area contributed by atoms with Crippen molar-refractivity contribution in [3.63, 3.8) is 0 Å². The van der Waals surface area contributed by atoms with Crippen molar-refractivity contribution in [3.8, 4) is 0 Å². The molecular weight excluding hydrogens is 226 g/mol. The Morgan fingerprint density at radius 2 is 2.17 bits per heavy atom. The van der Waals surface area contributed by atoms with E-state index in [1.807, 2.05) is 0 Å². The Labute approximate surface area is 111 Å². The second-order valence-corrected chi connectivity index (χ2v) is 6.05. The molecule has 4 nitrogen and oxygen atoms in total. The highest BCUT2D eigenvalue weighted by atomic mass is 16.5. The maximum absolute atomic E-state index is 6.11. The highest BCUT2D eigenvalue weighted by Gasteiger charge is 2.36. The lowest BCUT2D eigenvalue weighted by Crippen LogP contribution is -2.55. The van der Waals surface area contributed by atoms with E-state index in [1.165, 1.54) is 25.8 Å². The summed E-state index contributed by atoms with van der Waals surface area (Å²) < 4.78 is 5.60. The molecule has 0 aromatic rings. The van der Waals surface area contributed by atoms with Gasteiger partial charge in [-0.2, -0.15) is 0 Å². The monoisotopic (exact) mass is 255 g/mol. The Hall–Kier alpha value is -0.160. The van der Waals surface area contributed by atoms with Crippen molar-refractivity contribution in [2.45, 2.75) is 43.7 Å². The first-order valence-electron chi connectivity index (χ1n) is 7.37. The maximum Gasteiger partial charge on any atom is 0.0484 e. The van der Waals surface area contributed by atoms with E-state index in [0.29, 0.717) is 6.04 Å². The molecule has 2 aliphatic heterocycles. The van der Waals surface area contributed by atoms with Gasteiger partial charge < -0.3 is 15.4 Å². The van der Waals surface area contributed by atoms with Crippen molar-refractivity contribution >= 4 is 0 Å². The van der Waals surface area contributed by atoms with Gasteiger partial charge in [0, 0.05) is 37.9 Å². The van der Waals surface area contributed by atoms with Crippen LogP contribution in [-0.4, -0.2) is 68.3 Å². The number of ether oxygens (including phenoxy) is 1. The van der Waals surface area contributed by atoms with Crippen LogP contribution in [0, 0.1) is 0 Å². The van der Waals surface area contributed by atoms with Crippen LogP contribution in [0.5, 0.6) is 0 Å². The van der Waals surface area contributed by atoms with E-state index in [9.17, 15) is 0 Å². The number of nitrogens with zero attached hydrogens (tertiary/aromatic N) is 2. The van der Waals surface area contributed by atoms with E-state index in [4.69, 9.17) is 10.5 Å². The van der Waals surface area contributed by atoms with E-state index >= 15 is 0 Å². The van der Waals surface area contributed by atoms with Gasteiger partial charge in [-0.1, -0.05) is 0 Å². The average Bonchev–Trinajstić information content (AvgIpc) is 2.66. The number of likely N-dealkylation sites (tertiary alicyclic amines) is 1. The van der Waals surface area contributed by atoms with E-state index in [0.717, 1.165) is 39.1 Å². The molecule has 0 spiro atoms. The van der Waals surface area contributed by atoms with Gasteiger partial charge in [-0.25, -0.2) is 0 Å². The smallest absolute Gasteiger partial charge is 0.0484 e. The van der Waals surface area contributed by atoms with Crippen LogP contribution in [0.25, 0.3) is 0 Å². The Balaban J connectivity index is 1.97. The van der Waals surface area contributed by atoms with Crippen LogP contribution in [0.15, 0.2) is 0 Å². The zero-order valence-electron chi connectivity index (χ0n) is 12.0. The quantitative estimate of drug-likeness (QED) is 0.811. The van der Waals surface area contributed by atoms with Gasteiger partial charge in [0.15, 0.2) is 0 Å². The molecule has 4 heteroatoms. The molecule has 2 heterocycles. The predicted molar refractivity (Wildman–Crippen MR) is 74.7 cm³/mol.